The smallest absolute Gasteiger partial charge is 0.270 e. The average molecular weight is 419 g/mol. The van der Waals surface area contributed by atoms with E-state index in [0.717, 1.165) is 23.8 Å². The number of carbonyl (C=O) groups excluding carboxylic acids is 2. The zero-order valence-corrected chi connectivity index (χ0v) is 16.8. The Morgan fingerprint density at radius 2 is 1.72 bits per heavy atom. The molecule has 0 bridgehead atoms. The van der Waals surface area contributed by atoms with Crippen LogP contribution in [0.2, 0.25) is 5.02 Å². The van der Waals surface area contributed by atoms with Gasteiger partial charge in [0.1, 0.15) is 5.57 Å². The van der Waals surface area contributed by atoms with Gasteiger partial charge in [-0.2, -0.15) is 0 Å². The first-order valence-electron chi connectivity index (χ1n) is 9.24. The van der Waals surface area contributed by atoms with Gasteiger partial charge in [-0.1, -0.05) is 54.1 Å². The SMILES string of the molecule is O=C1NC(=S)N(c2ccccc2Cl)C(=O)C1=Cc1ccc2c3c(cccc13)CC2. The van der Waals surface area contributed by atoms with Crippen LogP contribution in [0, 0.1) is 0 Å². The van der Waals surface area contributed by atoms with Gasteiger partial charge in [0.15, 0.2) is 5.11 Å². The summed E-state index contributed by atoms with van der Waals surface area (Å²) in [6, 6.07) is 17.1. The molecule has 3 aromatic rings. The summed E-state index contributed by atoms with van der Waals surface area (Å²) in [5, 5.41) is 5.28. The molecule has 4 nitrogen and oxygen atoms in total. The number of rotatable bonds is 2. The van der Waals surface area contributed by atoms with Crippen LogP contribution in [-0.2, 0) is 22.4 Å². The highest BCUT2D eigenvalue weighted by atomic mass is 35.5. The lowest BCUT2D eigenvalue weighted by atomic mass is 9.97. The maximum atomic E-state index is 13.2. The average Bonchev–Trinajstić information content (AvgIpc) is 3.13. The number of para-hydroxylation sites is 1. The topological polar surface area (TPSA) is 49.4 Å². The quantitative estimate of drug-likeness (QED) is 0.380. The van der Waals surface area contributed by atoms with Crippen LogP contribution in [0.15, 0.2) is 60.2 Å². The molecule has 0 radical (unpaired) electrons. The van der Waals surface area contributed by atoms with Crippen molar-refractivity contribution >= 4 is 63.3 Å². The van der Waals surface area contributed by atoms with Crippen molar-refractivity contribution in [3.63, 3.8) is 0 Å². The van der Waals surface area contributed by atoms with Gasteiger partial charge in [0.05, 0.1) is 10.7 Å². The van der Waals surface area contributed by atoms with E-state index in [1.165, 1.54) is 21.4 Å². The fourth-order valence-corrected chi connectivity index (χ4v) is 4.55. The van der Waals surface area contributed by atoms with Crippen molar-refractivity contribution in [2.24, 2.45) is 0 Å². The molecule has 1 saturated heterocycles. The normalized spacial score (nSPS) is 17.3. The van der Waals surface area contributed by atoms with Crippen molar-refractivity contribution in [3.05, 3.63) is 81.9 Å². The molecule has 0 aromatic heterocycles. The molecular weight excluding hydrogens is 404 g/mol. The Kier molecular flexibility index (Phi) is 4.23. The molecular formula is C23H15ClN2O2S. The van der Waals surface area contributed by atoms with Gasteiger partial charge in [-0.3, -0.25) is 19.8 Å². The Morgan fingerprint density at radius 3 is 2.52 bits per heavy atom. The van der Waals surface area contributed by atoms with E-state index in [4.69, 9.17) is 23.8 Å². The van der Waals surface area contributed by atoms with Crippen molar-refractivity contribution in [2.75, 3.05) is 4.90 Å². The van der Waals surface area contributed by atoms with E-state index in [1.54, 1.807) is 30.3 Å². The standard InChI is InChI=1S/C23H15ClN2O2S/c24-18-6-1-2-7-19(18)26-22(28)17(21(27)25-23(26)29)12-15-11-10-14-9-8-13-4-3-5-16(15)20(13)14/h1-7,10-12H,8-9H2,(H,25,27,29). The number of amides is 2. The van der Waals surface area contributed by atoms with Gasteiger partial charge < -0.3 is 0 Å². The van der Waals surface area contributed by atoms with Gasteiger partial charge in [0.2, 0.25) is 0 Å². The van der Waals surface area contributed by atoms with Crippen LogP contribution in [0.3, 0.4) is 0 Å². The van der Waals surface area contributed by atoms with Crippen LogP contribution in [-0.4, -0.2) is 16.9 Å². The molecule has 2 amide bonds. The number of hydrogen-bond donors (Lipinski definition) is 1. The van der Waals surface area contributed by atoms with E-state index in [-0.39, 0.29) is 10.7 Å². The van der Waals surface area contributed by atoms with E-state index in [9.17, 15) is 9.59 Å². The molecule has 1 fully saturated rings. The second-order valence-corrected chi connectivity index (χ2v) is 7.86. The number of anilines is 1. The molecule has 142 valence electrons. The lowest BCUT2D eigenvalue weighted by molar-refractivity contribution is -0.122. The molecule has 5 rings (SSSR count). The molecule has 0 spiro atoms. The highest BCUT2D eigenvalue weighted by Gasteiger charge is 2.35. The minimum Gasteiger partial charge on any atom is -0.298 e. The van der Waals surface area contributed by atoms with E-state index in [0.29, 0.717) is 10.7 Å². The van der Waals surface area contributed by atoms with Gasteiger partial charge in [-0.25, -0.2) is 0 Å². The zero-order valence-electron chi connectivity index (χ0n) is 15.2. The van der Waals surface area contributed by atoms with Gasteiger partial charge in [0.25, 0.3) is 11.8 Å². The van der Waals surface area contributed by atoms with Crippen LogP contribution in [0.4, 0.5) is 5.69 Å². The molecule has 1 heterocycles. The number of nitrogens with one attached hydrogen (secondary N) is 1. The number of aryl methyl sites for hydroxylation is 2. The largest absolute Gasteiger partial charge is 0.298 e. The zero-order chi connectivity index (χ0) is 20.1. The number of carbonyl (C=O) groups is 2. The highest BCUT2D eigenvalue weighted by Crippen LogP contribution is 2.34. The molecule has 0 unspecified atom stereocenters. The Labute approximate surface area is 177 Å². The van der Waals surface area contributed by atoms with Crippen molar-refractivity contribution in [2.45, 2.75) is 12.8 Å². The Hall–Kier alpha value is -3.02. The Bertz CT molecular complexity index is 1250. The molecule has 3 aromatic carbocycles. The molecule has 0 atom stereocenters. The molecule has 29 heavy (non-hydrogen) atoms. The third-order valence-corrected chi connectivity index (χ3v) is 6.01. The molecule has 2 aliphatic rings. The second-order valence-electron chi connectivity index (χ2n) is 7.06. The van der Waals surface area contributed by atoms with Crippen LogP contribution in [0.5, 0.6) is 0 Å². The first kappa shape index (κ1) is 18.0. The van der Waals surface area contributed by atoms with Crippen molar-refractivity contribution < 1.29 is 9.59 Å². The molecule has 1 aliphatic carbocycles. The molecule has 6 heteroatoms. The first-order chi connectivity index (χ1) is 14.0. The number of thiocarbonyl (C=S) groups is 1. The maximum absolute atomic E-state index is 13.2. The summed E-state index contributed by atoms with van der Waals surface area (Å²) >= 11 is 11.5. The number of nitrogens with zero attached hydrogens (tertiary/aromatic N) is 1. The molecule has 0 saturated carbocycles. The number of halogens is 1. The summed E-state index contributed by atoms with van der Waals surface area (Å²) in [6.45, 7) is 0. The summed E-state index contributed by atoms with van der Waals surface area (Å²) in [5.74, 6) is -0.998. The predicted octanol–water partition coefficient (Wildman–Crippen LogP) is 4.42. The van der Waals surface area contributed by atoms with Crippen LogP contribution in [0.1, 0.15) is 16.7 Å². The van der Waals surface area contributed by atoms with Crippen LogP contribution in [0.25, 0.3) is 16.8 Å². The second kappa shape index (κ2) is 6.79. The fourth-order valence-electron chi connectivity index (χ4n) is 4.06. The van der Waals surface area contributed by atoms with Gasteiger partial charge in [0, 0.05) is 0 Å². The fraction of sp³-hybridized carbons (Fsp3) is 0.0870. The Morgan fingerprint density at radius 1 is 0.966 bits per heavy atom. The van der Waals surface area contributed by atoms with Gasteiger partial charge >= 0.3 is 0 Å². The third kappa shape index (κ3) is 2.85. The molecule has 1 aliphatic heterocycles. The lowest BCUT2D eigenvalue weighted by Gasteiger charge is -2.29. The monoisotopic (exact) mass is 418 g/mol. The minimum atomic E-state index is -0.508. The van der Waals surface area contributed by atoms with Crippen molar-refractivity contribution in [3.8, 4) is 0 Å². The van der Waals surface area contributed by atoms with Gasteiger partial charge in [-0.05, 0) is 70.7 Å². The first-order valence-corrected chi connectivity index (χ1v) is 10.0. The van der Waals surface area contributed by atoms with E-state index in [1.807, 2.05) is 18.2 Å². The van der Waals surface area contributed by atoms with E-state index >= 15 is 0 Å². The summed E-state index contributed by atoms with van der Waals surface area (Å²) in [7, 11) is 0. The van der Waals surface area contributed by atoms with Crippen molar-refractivity contribution in [1.82, 2.24) is 5.32 Å². The minimum absolute atomic E-state index is 0.0191. The summed E-state index contributed by atoms with van der Waals surface area (Å²) in [4.78, 5) is 27.1. The van der Waals surface area contributed by atoms with E-state index < -0.39 is 11.8 Å². The van der Waals surface area contributed by atoms with Crippen LogP contribution >= 0.6 is 23.8 Å². The summed E-state index contributed by atoms with van der Waals surface area (Å²) in [6.07, 6.45) is 3.67. The summed E-state index contributed by atoms with van der Waals surface area (Å²) < 4.78 is 0. The predicted molar refractivity (Wildman–Crippen MR) is 119 cm³/mol. The van der Waals surface area contributed by atoms with E-state index in [2.05, 4.69) is 17.4 Å². The van der Waals surface area contributed by atoms with Gasteiger partial charge in [-0.15, -0.1) is 0 Å². The highest BCUT2D eigenvalue weighted by molar-refractivity contribution is 7.80. The third-order valence-electron chi connectivity index (χ3n) is 5.41. The summed E-state index contributed by atoms with van der Waals surface area (Å²) in [5.41, 5.74) is 3.90. The van der Waals surface area contributed by atoms with Crippen molar-refractivity contribution in [1.29, 1.82) is 0 Å². The number of benzene rings is 3. The Balaban J connectivity index is 1.64. The lowest BCUT2D eigenvalue weighted by Crippen LogP contribution is -2.54. The number of hydrogen-bond acceptors (Lipinski definition) is 3. The molecule has 1 N–H and O–H groups in total. The maximum Gasteiger partial charge on any atom is 0.270 e. The van der Waals surface area contributed by atoms with Crippen LogP contribution < -0.4 is 10.2 Å².